The molecular formula is C20H24F2N4O. The van der Waals surface area contributed by atoms with E-state index >= 15 is 0 Å². The molecule has 1 aliphatic carbocycles. The Bertz CT molecular complexity index is 816. The van der Waals surface area contributed by atoms with Crippen molar-refractivity contribution < 1.29 is 13.3 Å². The van der Waals surface area contributed by atoms with Gasteiger partial charge in [0.25, 0.3) is 0 Å². The molecule has 7 heteroatoms. The number of halogens is 2. The largest absolute Gasteiger partial charge is 0.338 e. The van der Waals surface area contributed by atoms with Crippen LogP contribution in [-0.2, 0) is 6.54 Å². The summed E-state index contributed by atoms with van der Waals surface area (Å²) < 4.78 is 32.4. The summed E-state index contributed by atoms with van der Waals surface area (Å²) in [4.78, 5) is 9.31. The van der Waals surface area contributed by atoms with Crippen molar-refractivity contribution >= 4 is 0 Å². The highest BCUT2D eigenvalue weighted by molar-refractivity contribution is 5.19. The van der Waals surface area contributed by atoms with Crippen molar-refractivity contribution in [2.24, 2.45) is 5.92 Å². The Kier molecular flexibility index (Phi) is 4.44. The highest BCUT2D eigenvalue weighted by atomic mass is 19.1. The average Bonchev–Trinajstić information content (AvgIpc) is 3.10. The van der Waals surface area contributed by atoms with Gasteiger partial charge in [-0.3, -0.25) is 9.80 Å². The van der Waals surface area contributed by atoms with Gasteiger partial charge in [0.2, 0.25) is 5.89 Å². The fourth-order valence-electron chi connectivity index (χ4n) is 4.26. The minimum absolute atomic E-state index is 0.226. The van der Waals surface area contributed by atoms with Gasteiger partial charge in [-0.15, -0.1) is 0 Å². The van der Waals surface area contributed by atoms with E-state index in [2.05, 4.69) is 15.0 Å². The van der Waals surface area contributed by atoms with Gasteiger partial charge in [-0.05, 0) is 44.2 Å². The zero-order valence-corrected chi connectivity index (χ0v) is 15.3. The number of hydrogen-bond acceptors (Lipinski definition) is 5. The van der Waals surface area contributed by atoms with E-state index in [1.807, 2.05) is 0 Å². The summed E-state index contributed by atoms with van der Waals surface area (Å²) >= 11 is 0. The minimum atomic E-state index is -0.542. The summed E-state index contributed by atoms with van der Waals surface area (Å²) in [6, 6.07) is 4.03. The number of hydrogen-bond donors (Lipinski definition) is 0. The zero-order chi connectivity index (χ0) is 18.4. The molecule has 3 heterocycles. The van der Waals surface area contributed by atoms with E-state index in [9.17, 15) is 8.78 Å². The lowest BCUT2D eigenvalue weighted by Crippen LogP contribution is -2.44. The molecule has 0 bridgehead atoms. The lowest BCUT2D eigenvalue weighted by Gasteiger charge is -2.37. The topological polar surface area (TPSA) is 45.4 Å². The van der Waals surface area contributed by atoms with E-state index < -0.39 is 11.6 Å². The van der Waals surface area contributed by atoms with E-state index in [-0.39, 0.29) is 12.0 Å². The number of benzene rings is 1. The molecule has 1 atom stereocenters. The summed E-state index contributed by atoms with van der Waals surface area (Å²) in [5.41, 5.74) is 0.519. The molecular weight excluding hydrogens is 350 g/mol. The molecule has 0 radical (unpaired) electrons. The van der Waals surface area contributed by atoms with Crippen LogP contribution in [0.15, 0.2) is 22.7 Å². The molecule has 144 valence electrons. The Labute approximate surface area is 157 Å². The van der Waals surface area contributed by atoms with E-state index in [0.717, 1.165) is 56.3 Å². The van der Waals surface area contributed by atoms with Crippen LogP contribution in [0.2, 0.25) is 0 Å². The molecule has 27 heavy (non-hydrogen) atoms. The molecule has 1 aromatic carbocycles. The SMILES string of the molecule is Fc1ccc(CN2CC(c3noc(C4CCCN4CC4CC4)n3)C2)c(F)c1. The summed E-state index contributed by atoms with van der Waals surface area (Å²) in [6.45, 7) is 4.30. The standard InChI is InChI=1S/C20H24F2N4O/c21-16-6-5-14(17(22)8-16)10-25-11-15(12-25)19-23-20(27-24-19)18-2-1-7-26(18)9-13-3-4-13/h5-6,8,13,15,18H,1-4,7,9-12H2. The van der Waals surface area contributed by atoms with Crippen LogP contribution in [0.3, 0.4) is 0 Å². The summed E-state index contributed by atoms with van der Waals surface area (Å²) in [7, 11) is 0. The third-order valence-corrected chi connectivity index (χ3v) is 6.03. The van der Waals surface area contributed by atoms with Gasteiger partial charge >= 0.3 is 0 Å². The number of likely N-dealkylation sites (tertiary alicyclic amines) is 2. The van der Waals surface area contributed by atoms with Crippen LogP contribution in [0, 0.1) is 17.6 Å². The maximum absolute atomic E-state index is 13.8. The Hall–Kier alpha value is -1.86. The Balaban J connectivity index is 1.18. The fraction of sp³-hybridized carbons (Fsp3) is 0.600. The van der Waals surface area contributed by atoms with Gasteiger partial charge in [-0.2, -0.15) is 4.98 Å². The normalized spacial score (nSPS) is 24.4. The first-order chi connectivity index (χ1) is 13.2. The van der Waals surface area contributed by atoms with E-state index in [0.29, 0.717) is 12.1 Å². The molecule has 1 saturated carbocycles. The molecule has 2 saturated heterocycles. The quantitative estimate of drug-likeness (QED) is 0.775. The second kappa shape index (κ2) is 6.95. The van der Waals surface area contributed by atoms with Gasteiger partial charge in [0, 0.05) is 43.7 Å². The zero-order valence-electron chi connectivity index (χ0n) is 15.3. The maximum Gasteiger partial charge on any atom is 0.244 e. The first kappa shape index (κ1) is 17.3. The molecule has 5 rings (SSSR count). The third kappa shape index (κ3) is 3.62. The molecule has 1 aromatic heterocycles. The van der Waals surface area contributed by atoms with E-state index in [4.69, 9.17) is 9.51 Å². The molecule has 3 aliphatic rings. The van der Waals surface area contributed by atoms with Crippen molar-refractivity contribution in [3.63, 3.8) is 0 Å². The van der Waals surface area contributed by atoms with Crippen LogP contribution in [0.5, 0.6) is 0 Å². The maximum atomic E-state index is 13.8. The number of aromatic nitrogens is 2. The monoisotopic (exact) mass is 374 g/mol. The molecule has 0 spiro atoms. The van der Waals surface area contributed by atoms with Gasteiger partial charge in [0.1, 0.15) is 11.6 Å². The van der Waals surface area contributed by atoms with Crippen LogP contribution in [0.4, 0.5) is 8.78 Å². The minimum Gasteiger partial charge on any atom is -0.338 e. The van der Waals surface area contributed by atoms with Gasteiger partial charge < -0.3 is 4.52 Å². The van der Waals surface area contributed by atoms with Crippen LogP contribution < -0.4 is 0 Å². The predicted octanol–water partition coefficient (Wildman–Crippen LogP) is 3.49. The van der Waals surface area contributed by atoms with Gasteiger partial charge in [-0.1, -0.05) is 11.2 Å². The van der Waals surface area contributed by atoms with E-state index in [1.165, 1.54) is 31.4 Å². The molecule has 2 aliphatic heterocycles. The molecule has 5 nitrogen and oxygen atoms in total. The second-order valence-electron chi connectivity index (χ2n) is 8.21. The van der Waals surface area contributed by atoms with Gasteiger partial charge in [0.05, 0.1) is 6.04 Å². The van der Waals surface area contributed by atoms with Crippen molar-refractivity contribution in [3.8, 4) is 0 Å². The Morgan fingerprint density at radius 1 is 1.15 bits per heavy atom. The highest BCUT2D eigenvalue weighted by Crippen LogP contribution is 2.37. The second-order valence-corrected chi connectivity index (χ2v) is 8.21. The van der Waals surface area contributed by atoms with Crippen molar-refractivity contribution in [1.82, 2.24) is 19.9 Å². The van der Waals surface area contributed by atoms with Crippen molar-refractivity contribution in [1.29, 1.82) is 0 Å². The molecule has 0 N–H and O–H groups in total. The van der Waals surface area contributed by atoms with Crippen LogP contribution in [-0.4, -0.2) is 46.1 Å². The van der Waals surface area contributed by atoms with Crippen molar-refractivity contribution in [2.75, 3.05) is 26.2 Å². The number of rotatable bonds is 6. The molecule has 0 amide bonds. The smallest absolute Gasteiger partial charge is 0.244 e. The lowest BCUT2D eigenvalue weighted by atomic mass is 9.98. The summed E-state index contributed by atoms with van der Waals surface area (Å²) in [6.07, 6.45) is 4.99. The fourth-order valence-corrected chi connectivity index (χ4v) is 4.26. The van der Waals surface area contributed by atoms with Crippen LogP contribution >= 0.6 is 0 Å². The van der Waals surface area contributed by atoms with Crippen LogP contribution in [0.1, 0.15) is 54.9 Å². The van der Waals surface area contributed by atoms with E-state index in [1.54, 1.807) is 0 Å². The van der Waals surface area contributed by atoms with Crippen molar-refractivity contribution in [2.45, 2.75) is 44.2 Å². The first-order valence-corrected chi connectivity index (χ1v) is 9.89. The van der Waals surface area contributed by atoms with Crippen LogP contribution in [0.25, 0.3) is 0 Å². The Morgan fingerprint density at radius 3 is 2.78 bits per heavy atom. The summed E-state index contributed by atoms with van der Waals surface area (Å²) in [5, 5.41) is 4.22. The summed E-state index contributed by atoms with van der Waals surface area (Å²) in [5.74, 6) is 1.58. The lowest BCUT2D eigenvalue weighted by molar-refractivity contribution is 0.131. The third-order valence-electron chi connectivity index (χ3n) is 6.03. The van der Waals surface area contributed by atoms with Crippen molar-refractivity contribution in [3.05, 3.63) is 47.1 Å². The first-order valence-electron chi connectivity index (χ1n) is 9.89. The number of nitrogens with zero attached hydrogens (tertiary/aromatic N) is 4. The molecule has 2 aromatic rings. The average molecular weight is 374 g/mol. The van der Waals surface area contributed by atoms with Gasteiger partial charge in [-0.25, -0.2) is 8.78 Å². The Morgan fingerprint density at radius 2 is 2.00 bits per heavy atom. The molecule has 3 fully saturated rings. The predicted molar refractivity (Wildman–Crippen MR) is 94.9 cm³/mol. The molecule has 1 unspecified atom stereocenters. The van der Waals surface area contributed by atoms with Gasteiger partial charge in [0.15, 0.2) is 5.82 Å². The highest BCUT2D eigenvalue weighted by Gasteiger charge is 2.37.